The lowest BCUT2D eigenvalue weighted by atomic mass is 9.82. The Balaban J connectivity index is 0.00000264. The second-order valence-electron chi connectivity index (χ2n) is 5.91. The molecule has 0 heterocycles. The Morgan fingerprint density at radius 2 is 1.83 bits per heavy atom. The quantitative estimate of drug-likeness (QED) is 0.805. The molecule has 1 aromatic rings. The highest BCUT2D eigenvalue weighted by molar-refractivity contribution is 5.87. The molecule has 2 rings (SSSR count). The van der Waals surface area contributed by atoms with Crippen LogP contribution in [0.5, 0.6) is 0 Å². The van der Waals surface area contributed by atoms with E-state index >= 15 is 0 Å². The van der Waals surface area contributed by atoms with Crippen LogP contribution in [-0.2, 0) is 14.3 Å². The third kappa shape index (κ3) is 4.94. The molecule has 6 heteroatoms. The van der Waals surface area contributed by atoms with E-state index in [2.05, 4.69) is 5.32 Å². The van der Waals surface area contributed by atoms with Gasteiger partial charge in [-0.2, -0.15) is 0 Å². The van der Waals surface area contributed by atoms with Gasteiger partial charge in [-0.05, 0) is 18.4 Å². The van der Waals surface area contributed by atoms with Gasteiger partial charge in [-0.25, -0.2) is 0 Å². The monoisotopic (exact) mass is 340 g/mol. The maximum absolute atomic E-state index is 12.4. The maximum atomic E-state index is 12.4. The molecular formula is C17H25ClN2O3. The van der Waals surface area contributed by atoms with Crippen molar-refractivity contribution in [3.63, 3.8) is 0 Å². The molecule has 0 spiro atoms. The zero-order valence-corrected chi connectivity index (χ0v) is 14.2. The number of halogens is 1. The molecule has 1 aromatic carbocycles. The minimum absolute atomic E-state index is 0. The summed E-state index contributed by atoms with van der Waals surface area (Å²) < 4.78 is 4.85. The molecule has 128 valence electrons. The van der Waals surface area contributed by atoms with Gasteiger partial charge in [-0.3, -0.25) is 9.59 Å². The summed E-state index contributed by atoms with van der Waals surface area (Å²) in [4.78, 5) is 24.4. The minimum Gasteiger partial charge on any atom is -0.468 e. The second-order valence-corrected chi connectivity index (χ2v) is 5.91. The topological polar surface area (TPSA) is 81.4 Å². The van der Waals surface area contributed by atoms with Crippen molar-refractivity contribution in [2.75, 3.05) is 13.7 Å². The first-order chi connectivity index (χ1) is 10.6. The smallest absolute Gasteiger partial charge is 0.314 e. The van der Waals surface area contributed by atoms with Crippen molar-refractivity contribution in [1.82, 2.24) is 5.32 Å². The summed E-state index contributed by atoms with van der Waals surface area (Å²) in [5.41, 5.74) is 6.24. The third-order valence-corrected chi connectivity index (χ3v) is 4.35. The summed E-state index contributed by atoms with van der Waals surface area (Å²) in [6.07, 6.45) is 4.48. The SMILES string of the molecule is COC(=O)C(CNC(=O)C1(N)CCCCC1)c1ccccc1.Cl. The number of rotatable bonds is 5. The van der Waals surface area contributed by atoms with Gasteiger partial charge in [0.25, 0.3) is 0 Å². The highest BCUT2D eigenvalue weighted by Gasteiger charge is 2.35. The minimum atomic E-state index is -0.796. The summed E-state index contributed by atoms with van der Waals surface area (Å²) in [6, 6.07) is 9.31. The van der Waals surface area contributed by atoms with Crippen LogP contribution in [0, 0.1) is 0 Å². The van der Waals surface area contributed by atoms with E-state index in [0.717, 1.165) is 24.8 Å². The van der Waals surface area contributed by atoms with E-state index in [4.69, 9.17) is 10.5 Å². The van der Waals surface area contributed by atoms with Gasteiger partial charge >= 0.3 is 5.97 Å². The molecule has 0 aromatic heterocycles. The van der Waals surface area contributed by atoms with Crippen LogP contribution >= 0.6 is 12.4 Å². The molecule has 1 amide bonds. The first-order valence-corrected chi connectivity index (χ1v) is 7.77. The number of carbonyl (C=O) groups is 2. The fourth-order valence-electron chi connectivity index (χ4n) is 2.95. The molecule has 1 unspecified atom stereocenters. The van der Waals surface area contributed by atoms with Crippen molar-refractivity contribution < 1.29 is 14.3 Å². The largest absolute Gasteiger partial charge is 0.468 e. The molecular weight excluding hydrogens is 316 g/mol. The van der Waals surface area contributed by atoms with Crippen molar-refractivity contribution in [2.45, 2.75) is 43.6 Å². The van der Waals surface area contributed by atoms with Crippen LogP contribution in [0.1, 0.15) is 43.6 Å². The Morgan fingerprint density at radius 1 is 1.22 bits per heavy atom. The second kappa shape index (κ2) is 8.89. The fraction of sp³-hybridized carbons (Fsp3) is 0.529. The van der Waals surface area contributed by atoms with Gasteiger partial charge in [0.15, 0.2) is 0 Å². The standard InChI is InChI=1S/C17H24N2O3.ClH/c1-22-15(20)14(13-8-4-2-5-9-13)12-19-16(21)17(18)10-6-3-7-11-17;/h2,4-5,8-9,14H,3,6-7,10-12,18H2,1H3,(H,19,21);1H. The molecule has 3 N–H and O–H groups in total. The van der Waals surface area contributed by atoms with Crippen LogP contribution in [0.2, 0.25) is 0 Å². The Kier molecular flexibility index (Phi) is 7.52. The number of benzene rings is 1. The summed E-state index contributed by atoms with van der Waals surface area (Å²) in [5, 5.41) is 2.84. The zero-order chi connectivity index (χ0) is 16.0. The van der Waals surface area contributed by atoms with Crippen LogP contribution in [0.15, 0.2) is 30.3 Å². The average molecular weight is 341 g/mol. The number of nitrogens with one attached hydrogen (secondary N) is 1. The third-order valence-electron chi connectivity index (χ3n) is 4.35. The van der Waals surface area contributed by atoms with Gasteiger partial charge in [0.05, 0.1) is 18.6 Å². The lowest BCUT2D eigenvalue weighted by Crippen LogP contribution is -2.55. The van der Waals surface area contributed by atoms with Gasteiger partial charge in [0.2, 0.25) is 5.91 Å². The molecule has 0 radical (unpaired) electrons. The first-order valence-electron chi connectivity index (χ1n) is 7.77. The Hall–Kier alpha value is -1.59. The number of hydrogen-bond donors (Lipinski definition) is 2. The van der Waals surface area contributed by atoms with Crippen molar-refractivity contribution in [1.29, 1.82) is 0 Å². The van der Waals surface area contributed by atoms with E-state index in [9.17, 15) is 9.59 Å². The predicted molar refractivity (Wildman–Crippen MR) is 91.5 cm³/mol. The molecule has 23 heavy (non-hydrogen) atoms. The van der Waals surface area contributed by atoms with E-state index in [-0.39, 0.29) is 30.8 Å². The van der Waals surface area contributed by atoms with Gasteiger partial charge < -0.3 is 15.8 Å². The molecule has 1 atom stereocenters. The lowest BCUT2D eigenvalue weighted by Gasteiger charge is -2.32. The summed E-state index contributed by atoms with van der Waals surface area (Å²) in [7, 11) is 1.35. The number of amides is 1. The Labute approximate surface area is 143 Å². The summed E-state index contributed by atoms with van der Waals surface area (Å²) in [6.45, 7) is 0.203. The molecule has 0 saturated heterocycles. The summed E-state index contributed by atoms with van der Waals surface area (Å²) >= 11 is 0. The van der Waals surface area contributed by atoms with Crippen LogP contribution in [0.3, 0.4) is 0 Å². The van der Waals surface area contributed by atoms with Gasteiger partial charge in [0.1, 0.15) is 0 Å². The predicted octanol–water partition coefficient (Wildman–Crippen LogP) is 2.14. The zero-order valence-electron chi connectivity index (χ0n) is 13.4. The molecule has 1 fully saturated rings. The van der Waals surface area contributed by atoms with Crippen molar-refractivity contribution >= 4 is 24.3 Å². The first kappa shape index (κ1) is 19.5. The lowest BCUT2D eigenvalue weighted by molar-refractivity contribution is -0.142. The van der Waals surface area contributed by atoms with E-state index < -0.39 is 11.5 Å². The van der Waals surface area contributed by atoms with E-state index in [1.54, 1.807) is 0 Å². The number of carbonyl (C=O) groups excluding carboxylic acids is 2. The molecule has 0 aliphatic heterocycles. The Morgan fingerprint density at radius 3 is 2.39 bits per heavy atom. The van der Waals surface area contributed by atoms with Gasteiger partial charge in [-0.15, -0.1) is 12.4 Å². The molecule has 5 nitrogen and oxygen atoms in total. The van der Waals surface area contributed by atoms with Crippen LogP contribution < -0.4 is 11.1 Å². The fourth-order valence-corrected chi connectivity index (χ4v) is 2.95. The number of methoxy groups -OCH3 is 1. The number of ether oxygens (including phenoxy) is 1. The highest BCUT2D eigenvalue weighted by Crippen LogP contribution is 2.26. The van der Waals surface area contributed by atoms with Gasteiger partial charge in [-0.1, -0.05) is 49.6 Å². The van der Waals surface area contributed by atoms with Crippen LogP contribution in [-0.4, -0.2) is 31.1 Å². The highest BCUT2D eigenvalue weighted by atomic mass is 35.5. The van der Waals surface area contributed by atoms with Crippen molar-refractivity contribution in [3.8, 4) is 0 Å². The molecule has 0 bridgehead atoms. The van der Waals surface area contributed by atoms with Crippen LogP contribution in [0.4, 0.5) is 0 Å². The number of esters is 1. The molecule has 1 saturated carbocycles. The van der Waals surface area contributed by atoms with E-state index in [1.807, 2.05) is 30.3 Å². The van der Waals surface area contributed by atoms with Crippen molar-refractivity contribution in [3.05, 3.63) is 35.9 Å². The average Bonchev–Trinajstić information content (AvgIpc) is 2.56. The Bertz CT molecular complexity index is 516. The molecule has 1 aliphatic rings. The van der Waals surface area contributed by atoms with Crippen molar-refractivity contribution in [2.24, 2.45) is 5.73 Å². The number of hydrogen-bond acceptors (Lipinski definition) is 4. The maximum Gasteiger partial charge on any atom is 0.314 e. The van der Waals surface area contributed by atoms with E-state index in [1.165, 1.54) is 7.11 Å². The van der Waals surface area contributed by atoms with Gasteiger partial charge in [0, 0.05) is 6.54 Å². The van der Waals surface area contributed by atoms with E-state index in [0.29, 0.717) is 12.8 Å². The number of nitrogens with two attached hydrogens (primary N) is 1. The summed E-state index contributed by atoms with van der Waals surface area (Å²) in [5.74, 6) is -1.04. The normalized spacial score (nSPS) is 17.5. The van der Waals surface area contributed by atoms with Crippen LogP contribution in [0.25, 0.3) is 0 Å². The molecule has 1 aliphatic carbocycles.